The summed E-state index contributed by atoms with van der Waals surface area (Å²) in [5, 5.41) is 10.9. The van der Waals surface area contributed by atoms with Gasteiger partial charge in [-0.25, -0.2) is 0 Å². The number of imide groups is 1. The highest BCUT2D eigenvalue weighted by molar-refractivity contribution is 6.23. The highest BCUT2D eigenvalue weighted by atomic mass is 16.5. The molecule has 4 aliphatic rings. The second-order valence-corrected chi connectivity index (χ2v) is 11.1. The minimum atomic E-state index is -0.677. The Kier molecular flexibility index (Phi) is 5.59. The number of phenolic OH excluding ortho intramolecular Hbond substituents is 1. The van der Waals surface area contributed by atoms with Crippen LogP contribution in [0.3, 0.4) is 0 Å². The van der Waals surface area contributed by atoms with Crippen LogP contribution < -0.4 is 14.4 Å². The maximum absolute atomic E-state index is 14.2. The monoisotopic (exact) mass is 535 g/mol. The molecular formula is C33H29NO6. The Morgan fingerprint density at radius 2 is 1.65 bits per heavy atom. The first-order valence-corrected chi connectivity index (χ1v) is 13.8. The largest absolute Gasteiger partial charge is 0.502 e. The van der Waals surface area contributed by atoms with E-state index in [9.17, 15) is 19.5 Å². The molecule has 0 radical (unpaired) electrons. The Morgan fingerprint density at radius 1 is 0.950 bits per heavy atom. The molecule has 3 aromatic rings. The highest BCUT2D eigenvalue weighted by Gasteiger charge is 2.62. The molecule has 3 aromatic carbocycles. The third-order valence-corrected chi connectivity index (χ3v) is 9.13. The summed E-state index contributed by atoms with van der Waals surface area (Å²) in [6.45, 7) is 0. The second kappa shape index (κ2) is 9.08. The summed E-state index contributed by atoms with van der Waals surface area (Å²) in [6.07, 6.45) is 5.88. The average Bonchev–Trinajstić information content (AvgIpc) is 3.56. The van der Waals surface area contributed by atoms with Gasteiger partial charge in [0, 0.05) is 22.6 Å². The molecule has 7 rings (SSSR count). The molecule has 1 saturated carbocycles. The molecule has 2 aliphatic carbocycles. The average molecular weight is 536 g/mol. The van der Waals surface area contributed by atoms with Crippen molar-refractivity contribution in [3.8, 4) is 17.2 Å². The van der Waals surface area contributed by atoms with Gasteiger partial charge in [0.1, 0.15) is 5.60 Å². The first kappa shape index (κ1) is 24.6. The summed E-state index contributed by atoms with van der Waals surface area (Å²) < 4.78 is 12.0. The SMILES string of the molecule is COc1ccc2c(c1O)OC1(CCCC1)[C@@H]1C2=CC[C@@H]2C(=O)N(c3ccc(C(=O)c4ccccc4)cc3)C(=O)[C@@H]21. The van der Waals surface area contributed by atoms with Crippen LogP contribution in [0, 0.1) is 17.8 Å². The van der Waals surface area contributed by atoms with Crippen molar-refractivity contribution in [2.45, 2.75) is 37.7 Å². The number of anilines is 1. The third-order valence-electron chi connectivity index (χ3n) is 9.13. The number of carbonyl (C=O) groups excluding carboxylic acids is 3. The lowest BCUT2D eigenvalue weighted by molar-refractivity contribution is -0.125. The molecule has 7 heteroatoms. The number of benzene rings is 3. The van der Waals surface area contributed by atoms with Gasteiger partial charge in [-0.1, -0.05) is 36.4 Å². The fourth-order valence-corrected chi connectivity index (χ4v) is 7.31. The Labute approximate surface area is 232 Å². The summed E-state index contributed by atoms with van der Waals surface area (Å²) in [6, 6.07) is 19.3. The molecule has 2 aliphatic heterocycles. The molecule has 1 spiro atoms. The van der Waals surface area contributed by atoms with Gasteiger partial charge in [0.05, 0.1) is 24.6 Å². The minimum Gasteiger partial charge on any atom is -0.502 e. The summed E-state index contributed by atoms with van der Waals surface area (Å²) in [4.78, 5) is 42.1. The smallest absolute Gasteiger partial charge is 0.238 e. The predicted molar refractivity (Wildman–Crippen MR) is 148 cm³/mol. The van der Waals surface area contributed by atoms with E-state index in [1.54, 1.807) is 42.5 Å². The van der Waals surface area contributed by atoms with Crippen molar-refractivity contribution >= 4 is 28.9 Å². The van der Waals surface area contributed by atoms with E-state index in [0.717, 1.165) is 36.8 Å². The minimum absolute atomic E-state index is 0.0339. The summed E-state index contributed by atoms with van der Waals surface area (Å²) in [5.41, 5.74) is 2.58. The normalized spacial score (nSPS) is 24.2. The molecule has 2 fully saturated rings. The van der Waals surface area contributed by atoms with Crippen molar-refractivity contribution in [1.29, 1.82) is 0 Å². The second-order valence-electron chi connectivity index (χ2n) is 11.1. The van der Waals surface area contributed by atoms with Crippen molar-refractivity contribution in [2.75, 3.05) is 12.0 Å². The summed E-state index contributed by atoms with van der Waals surface area (Å²) in [7, 11) is 1.50. The molecule has 0 aromatic heterocycles. The van der Waals surface area contributed by atoms with E-state index < -0.39 is 17.4 Å². The number of hydrogen-bond donors (Lipinski definition) is 1. The molecule has 7 nitrogen and oxygen atoms in total. The van der Waals surface area contributed by atoms with E-state index >= 15 is 0 Å². The number of fused-ring (bicyclic) bond motifs is 6. The highest BCUT2D eigenvalue weighted by Crippen LogP contribution is 2.61. The van der Waals surface area contributed by atoms with Crippen molar-refractivity contribution in [2.24, 2.45) is 17.8 Å². The fourth-order valence-electron chi connectivity index (χ4n) is 7.31. The predicted octanol–water partition coefficient (Wildman–Crippen LogP) is 5.55. The van der Waals surface area contributed by atoms with Crippen LogP contribution in [-0.2, 0) is 9.59 Å². The molecule has 0 bridgehead atoms. The third kappa shape index (κ3) is 3.46. The lowest BCUT2D eigenvalue weighted by atomic mass is 9.62. The Hall–Kier alpha value is -4.39. The first-order chi connectivity index (χ1) is 19.4. The van der Waals surface area contributed by atoms with Gasteiger partial charge < -0.3 is 14.6 Å². The first-order valence-electron chi connectivity index (χ1n) is 13.8. The maximum atomic E-state index is 14.2. The van der Waals surface area contributed by atoms with Crippen molar-refractivity contribution in [3.63, 3.8) is 0 Å². The van der Waals surface area contributed by atoms with Crippen LogP contribution >= 0.6 is 0 Å². The van der Waals surface area contributed by atoms with Gasteiger partial charge in [0.2, 0.25) is 17.6 Å². The van der Waals surface area contributed by atoms with Crippen LogP contribution in [0.1, 0.15) is 53.6 Å². The zero-order chi connectivity index (χ0) is 27.6. The zero-order valence-electron chi connectivity index (χ0n) is 22.1. The van der Waals surface area contributed by atoms with Gasteiger partial charge in [-0.05, 0) is 74.1 Å². The molecule has 40 heavy (non-hydrogen) atoms. The number of nitrogens with zero attached hydrogens (tertiary/aromatic N) is 1. The number of ketones is 1. The van der Waals surface area contributed by atoms with Crippen LogP contribution in [0.2, 0.25) is 0 Å². The Balaban J connectivity index is 1.25. The van der Waals surface area contributed by atoms with Gasteiger partial charge in [-0.15, -0.1) is 0 Å². The quantitative estimate of drug-likeness (QED) is 0.348. The number of carbonyl (C=O) groups is 3. The topological polar surface area (TPSA) is 93.1 Å². The lowest BCUT2D eigenvalue weighted by Gasteiger charge is -2.48. The van der Waals surface area contributed by atoms with Crippen molar-refractivity contribution < 1.29 is 29.0 Å². The Bertz CT molecular complexity index is 1570. The number of methoxy groups -OCH3 is 1. The number of aromatic hydroxyl groups is 1. The number of amides is 2. The zero-order valence-corrected chi connectivity index (χ0v) is 22.1. The van der Waals surface area contributed by atoms with Crippen LogP contribution in [-0.4, -0.2) is 35.4 Å². The van der Waals surface area contributed by atoms with E-state index in [-0.39, 0.29) is 29.3 Å². The molecular weight excluding hydrogens is 506 g/mol. The van der Waals surface area contributed by atoms with Crippen molar-refractivity contribution in [1.82, 2.24) is 0 Å². The van der Waals surface area contributed by atoms with Crippen LogP contribution in [0.15, 0.2) is 72.8 Å². The van der Waals surface area contributed by atoms with E-state index in [1.807, 2.05) is 24.3 Å². The molecule has 2 heterocycles. The van der Waals surface area contributed by atoms with Crippen LogP contribution in [0.25, 0.3) is 5.57 Å². The molecule has 1 N–H and O–H groups in total. The molecule has 0 unspecified atom stereocenters. The number of phenols is 1. The van der Waals surface area contributed by atoms with Crippen LogP contribution in [0.5, 0.6) is 17.2 Å². The van der Waals surface area contributed by atoms with Crippen molar-refractivity contribution in [3.05, 3.63) is 89.5 Å². The van der Waals surface area contributed by atoms with E-state index in [4.69, 9.17) is 9.47 Å². The van der Waals surface area contributed by atoms with E-state index in [1.165, 1.54) is 12.0 Å². The number of rotatable bonds is 4. The summed E-state index contributed by atoms with van der Waals surface area (Å²) in [5.74, 6) is -1.21. The molecule has 1 saturated heterocycles. The van der Waals surface area contributed by atoms with Gasteiger partial charge in [0.15, 0.2) is 17.3 Å². The van der Waals surface area contributed by atoms with Gasteiger partial charge in [-0.3, -0.25) is 19.3 Å². The van der Waals surface area contributed by atoms with Gasteiger partial charge in [-0.2, -0.15) is 0 Å². The molecule has 202 valence electrons. The van der Waals surface area contributed by atoms with Gasteiger partial charge >= 0.3 is 0 Å². The Morgan fingerprint density at radius 3 is 2.35 bits per heavy atom. The maximum Gasteiger partial charge on any atom is 0.238 e. The number of hydrogen-bond acceptors (Lipinski definition) is 6. The van der Waals surface area contributed by atoms with E-state index in [2.05, 4.69) is 6.08 Å². The lowest BCUT2D eigenvalue weighted by Crippen LogP contribution is -2.51. The standard InChI is InChI=1S/C33H29NO6/c1-39-25-16-15-23-22-13-14-24-26(27(22)33(17-5-6-18-33)40-30(23)29(25)36)32(38)34(31(24)37)21-11-9-20(10-12-21)28(35)19-7-3-2-4-8-19/h2-4,7-13,15-16,24,26-27,36H,5-6,14,17-18H2,1H3/t24-,26-,27+/m0/s1. The number of ether oxygens (including phenoxy) is 2. The fraction of sp³-hybridized carbons (Fsp3) is 0.303. The molecule has 3 atom stereocenters. The van der Waals surface area contributed by atoms with Gasteiger partial charge in [0.25, 0.3) is 0 Å². The molecule has 2 amide bonds. The van der Waals surface area contributed by atoms with Crippen LogP contribution in [0.4, 0.5) is 5.69 Å². The van der Waals surface area contributed by atoms with E-state index in [0.29, 0.717) is 34.7 Å². The number of allylic oxidation sites excluding steroid dienone is 1. The summed E-state index contributed by atoms with van der Waals surface area (Å²) >= 11 is 0.